The van der Waals surface area contributed by atoms with E-state index in [0.717, 1.165) is 19.4 Å². The first-order valence-electron chi connectivity index (χ1n) is 8.50. The van der Waals surface area contributed by atoms with E-state index in [0.29, 0.717) is 11.3 Å². The van der Waals surface area contributed by atoms with Crippen molar-refractivity contribution in [3.05, 3.63) is 54.0 Å². The third-order valence-electron chi connectivity index (χ3n) is 4.32. The molecule has 1 saturated heterocycles. The molecular formula is C18H22N2O5S. The highest BCUT2D eigenvalue weighted by Gasteiger charge is 2.24. The number of carbonyl (C=O) groups is 1. The van der Waals surface area contributed by atoms with Gasteiger partial charge in [-0.1, -0.05) is 0 Å². The number of hydrogen-bond acceptors (Lipinski definition) is 5. The summed E-state index contributed by atoms with van der Waals surface area (Å²) in [7, 11) is -3.68. The number of rotatable bonds is 7. The first-order valence-corrected chi connectivity index (χ1v) is 9.98. The summed E-state index contributed by atoms with van der Waals surface area (Å²) in [5.74, 6) is 0.271. The van der Waals surface area contributed by atoms with Crippen LogP contribution in [0.15, 0.2) is 52.0 Å². The van der Waals surface area contributed by atoms with E-state index in [1.54, 1.807) is 12.1 Å². The molecule has 2 aromatic rings. The molecule has 8 heteroatoms. The molecule has 0 saturated carbocycles. The van der Waals surface area contributed by atoms with Crippen LogP contribution in [0.3, 0.4) is 0 Å². The molecule has 1 aromatic heterocycles. The lowest BCUT2D eigenvalue weighted by Gasteiger charge is -2.20. The molecule has 0 bridgehead atoms. The first kappa shape index (κ1) is 18.6. The van der Waals surface area contributed by atoms with Crippen LogP contribution in [0.2, 0.25) is 0 Å². The van der Waals surface area contributed by atoms with Crippen molar-refractivity contribution in [1.29, 1.82) is 0 Å². The van der Waals surface area contributed by atoms with Crippen molar-refractivity contribution in [1.82, 2.24) is 10.0 Å². The van der Waals surface area contributed by atoms with E-state index in [1.807, 2.05) is 6.92 Å². The molecule has 0 radical (unpaired) electrons. The number of amides is 1. The van der Waals surface area contributed by atoms with Gasteiger partial charge in [-0.15, -0.1) is 0 Å². The largest absolute Gasteiger partial charge is 0.468 e. The van der Waals surface area contributed by atoms with Crippen LogP contribution in [0.5, 0.6) is 0 Å². The molecule has 2 unspecified atom stereocenters. The van der Waals surface area contributed by atoms with Gasteiger partial charge in [-0.05, 0) is 56.2 Å². The van der Waals surface area contributed by atoms with Gasteiger partial charge < -0.3 is 14.5 Å². The molecule has 140 valence electrons. The van der Waals surface area contributed by atoms with Crippen molar-refractivity contribution in [3.63, 3.8) is 0 Å². The lowest BCUT2D eigenvalue weighted by Crippen LogP contribution is -2.40. The zero-order valence-corrected chi connectivity index (χ0v) is 15.3. The first-order chi connectivity index (χ1) is 12.5. The Labute approximate surface area is 152 Å². The summed E-state index contributed by atoms with van der Waals surface area (Å²) in [5.41, 5.74) is 0.403. The van der Waals surface area contributed by atoms with Crippen LogP contribution >= 0.6 is 0 Å². The Kier molecular flexibility index (Phi) is 5.75. The summed E-state index contributed by atoms with van der Waals surface area (Å²) in [6, 6.07) is 9.10. The van der Waals surface area contributed by atoms with E-state index in [-0.39, 0.29) is 29.5 Å². The molecule has 1 amide bonds. The van der Waals surface area contributed by atoms with E-state index in [2.05, 4.69) is 10.0 Å². The Morgan fingerprint density at radius 2 is 2.04 bits per heavy atom. The Morgan fingerprint density at radius 3 is 2.65 bits per heavy atom. The Hall–Kier alpha value is -2.16. The van der Waals surface area contributed by atoms with Crippen LogP contribution in [0, 0.1) is 0 Å². The summed E-state index contributed by atoms with van der Waals surface area (Å²) in [6.45, 7) is 2.70. The standard InChI is InChI=1S/C18H22N2O5S/c1-13(17-5-3-11-25-17)20-18(21)14-6-8-16(9-7-14)26(22,23)19-12-15-4-2-10-24-15/h2,4,6-10,13,17,19H,3,5,11-12H2,1H3,(H,20,21). The molecule has 1 fully saturated rings. The summed E-state index contributed by atoms with van der Waals surface area (Å²) in [4.78, 5) is 12.4. The van der Waals surface area contributed by atoms with Gasteiger partial charge in [0, 0.05) is 12.2 Å². The van der Waals surface area contributed by atoms with Crippen molar-refractivity contribution >= 4 is 15.9 Å². The molecular weight excluding hydrogens is 356 g/mol. The predicted molar refractivity (Wildman–Crippen MR) is 95.1 cm³/mol. The maximum atomic E-state index is 12.3. The maximum absolute atomic E-state index is 12.3. The fourth-order valence-electron chi connectivity index (χ4n) is 2.83. The van der Waals surface area contributed by atoms with Gasteiger partial charge >= 0.3 is 0 Å². The van der Waals surface area contributed by atoms with Gasteiger partial charge in [-0.2, -0.15) is 0 Å². The van der Waals surface area contributed by atoms with E-state index in [4.69, 9.17) is 9.15 Å². The van der Waals surface area contributed by atoms with E-state index < -0.39 is 10.0 Å². The maximum Gasteiger partial charge on any atom is 0.251 e. The SMILES string of the molecule is CC(NC(=O)c1ccc(S(=O)(=O)NCc2ccco2)cc1)C1CCCO1. The number of hydrogen-bond donors (Lipinski definition) is 2. The summed E-state index contributed by atoms with van der Waals surface area (Å²) >= 11 is 0. The molecule has 1 aliphatic heterocycles. The average Bonchev–Trinajstić information content (AvgIpc) is 3.34. The summed E-state index contributed by atoms with van der Waals surface area (Å²) < 4.78 is 37.7. The second-order valence-corrected chi connectivity index (χ2v) is 8.01. The van der Waals surface area contributed by atoms with Crippen molar-refractivity contribution in [3.8, 4) is 0 Å². The molecule has 26 heavy (non-hydrogen) atoms. The molecule has 1 aliphatic rings. The van der Waals surface area contributed by atoms with Crippen molar-refractivity contribution in [2.24, 2.45) is 0 Å². The summed E-state index contributed by atoms with van der Waals surface area (Å²) in [6.07, 6.45) is 3.45. The average molecular weight is 378 g/mol. The number of furan rings is 1. The minimum atomic E-state index is -3.68. The third-order valence-corrected chi connectivity index (χ3v) is 5.74. The highest BCUT2D eigenvalue weighted by molar-refractivity contribution is 7.89. The van der Waals surface area contributed by atoms with Gasteiger partial charge in [0.25, 0.3) is 5.91 Å². The van der Waals surface area contributed by atoms with Crippen molar-refractivity contribution in [2.45, 2.75) is 43.4 Å². The minimum Gasteiger partial charge on any atom is -0.468 e. The number of carbonyl (C=O) groups excluding carboxylic acids is 1. The summed E-state index contributed by atoms with van der Waals surface area (Å²) in [5, 5.41) is 2.90. The van der Waals surface area contributed by atoms with E-state index in [9.17, 15) is 13.2 Å². The predicted octanol–water partition coefficient (Wildman–Crippen LogP) is 2.06. The fraction of sp³-hybridized carbons (Fsp3) is 0.389. The van der Waals surface area contributed by atoms with Crippen LogP contribution in [0.1, 0.15) is 35.9 Å². The van der Waals surface area contributed by atoms with Crippen molar-refractivity contribution in [2.75, 3.05) is 6.61 Å². The van der Waals surface area contributed by atoms with Crippen LogP contribution < -0.4 is 10.0 Å². The number of benzene rings is 1. The number of nitrogens with one attached hydrogen (secondary N) is 2. The molecule has 2 heterocycles. The molecule has 2 atom stereocenters. The normalized spacial score (nSPS) is 18.6. The lowest BCUT2D eigenvalue weighted by molar-refractivity contribution is 0.0712. The zero-order chi connectivity index (χ0) is 18.6. The van der Waals surface area contributed by atoms with Gasteiger partial charge in [0.2, 0.25) is 10.0 Å². The molecule has 1 aromatic carbocycles. The highest BCUT2D eigenvalue weighted by atomic mass is 32.2. The van der Waals surface area contributed by atoms with Crippen LogP contribution in [0.25, 0.3) is 0 Å². The molecule has 2 N–H and O–H groups in total. The van der Waals surface area contributed by atoms with Gasteiger partial charge in [0.05, 0.1) is 29.8 Å². The fourth-order valence-corrected chi connectivity index (χ4v) is 3.82. The Morgan fingerprint density at radius 1 is 1.27 bits per heavy atom. The van der Waals surface area contributed by atoms with E-state index in [1.165, 1.54) is 30.5 Å². The monoisotopic (exact) mass is 378 g/mol. The van der Waals surface area contributed by atoms with Crippen LogP contribution in [-0.4, -0.2) is 33.1 Å². The Balaban J connectivity index is 1.60. The topological polar surface area (TPSA) is 97.6 Å². The lowest BCUT2D eigenvalue weighted by atomic mass is 10.1. The molecule has 3 rings (SSSR count). The zero-order valence-electron chi connectivity index (χ0n) is 14.5. The second-order valence-electron chi connectivity index (χ2n) is 6.24. The van der Waals surface area contributed by atoms with Gasteiger partial charge in [0.15, 0.2) is 0 Å². The highest BCUT2D eigenvalue weighted by Crippen LogP contribution is 2.16. The molecule has 0 aliphatic carbocycles. The van der Waals surface area contributed by atoms with E-state index >= 15 is 0 Å². The molecule has 0 spiro atoms. The number of ether oxygens (including phenoxy) is 1. The second kappa shape index (κ2) is 8.03. The minimum absolute atomic E-state index is 0.0319. The van der Waals surface area contributed by atoms with Crippen LogP contribution in [0.4, 0.5) is 0 Å². The van der Waals surface area contributed by atoms with Crippen LogP contribution in [-0.2, 0) is 21.3 Å². The van der Waals surface area contributed by atoms with Gasteiger partial charge in [0.1, 0.15) is 5.76 Å². The van der Waals surface area contributed by atoms with Gasteiger partial charge in [-0.3, -0.25) is 4.79 Å². The third kappa shape index (κ3) is 4.51. The Bertz CT molecular complexity index is 825. The quantitative estimate of drug-likeness (QED) is 0.768. The van der Waals surface area contributed by atoms with Crippen molar-refractivity contribution < 1.29 is 22.4 Å². The molecule has 7 nitrogen and oxygen atoms in total. The number of sulfonamides is 1. The van der Waals surface area contributed by atoms with Gasteiger partial charge in [-0.25, -0.2) is 13.1 Å². The smallest absolute Gasteiger partial charge is 0.251 e.